The smallest absolute Gasteiger partial charge is 0.220 e. The Morgan fingerprint density at radius 1 is 0.871 bits per heavy atom. The van der Waals surface area contributed by atoms with Crippen molar-refractivity contribution in [3.8, 4) is 0 Å². The second-order valence-corrected chi connectivity index (χ2v) is 8.16. The third-order valence-corrected chi connectivity index (χ3v) is 5.65. The fourth-order valence-corrected chi connectivity index (χ4v) is 4.22. The molecular weight excluding hydrogens is 382 g/mol. The first-order chi connectivity index (χ1) is 15.1. The van der Waals surface area contributed by atoms with E-state index in [-0.39, 0.29) is 11.8 Å². The topological polar surface area (TPSA) is 46.9 Å². The van der Waals surface area contributed by atoms with Gasteiger partial charge in [-0.05, 0) is 37.1 Å². The molecule has 1 N–H and O–H groups in total. The summed E-state index contributed by atoms with van der Waals surface area (Å²) in [5.74, 6) is 1.12. The highest BCUT2D eigenvalue weighted by Crippen LogP contribution is 2.27. The number of para-hydroxylation sites is 2. The van der Waals surface area contributed by atoms with Gasteiger partial charge in [0.25, 0.3) is 0 Å². The maximum Gasteiger partial charge on any atom is 0.220 e. The highest BCUT2D eigenvalue weighted by atomic mass is 16.1. The van der Waals surface area contributed by atoms with E-state index in [4.69, 9.17) is 4.98 Å². The van der Waals surface area contributed by atoms with E-state index in [9.17, 15) is 4.79 Å². The van der Waals surface area contributed by atoms with E-state index >= 15 is 0 Å². The quantitative estimate of drug-likeness (QED) is 0.416. The van der Waals surface area contributed by atoms with Gasteiger partial charge in [-0.15, -0.1) is 0 Å². The Balaban J connectivity index is 1.44. The van der Waals surface area contributed by atoms with Gasteiger partial charge in [0.1, 0.15) is 5.82 Å². The van der Waals surface area contributed by atoms with Crippen molar-refractivity contribution in [2.45, 2.75) is 38.6 Å². The van der Waals surface area contributed by atoms with Crippen molar-refractivity contribution in [3.63, 3.8) is 0 Å². The van der Waals surface area contributed by atoms with Gasteiger partial charge in [0, 0.05) is 31.3 Å². The van der Waals surface area contributed by atoms with Crippen LogP contribution in [0.15, 0.2) is 84.9 Å². The highest BCUT2D eigenvalue weighted by Gasteiger charge is 2.18. The first-order valence-electron chi connectivity index (χ1n) is 11.0. The minimum atomic E-state index is 0.0441. The molecule has 0 atom stereocenters. The number of nitrogens with zero attached hydrogens (tertiary/aromatic N) is 2. The van der Waals surface area contributed by atoms with E-state index in [1.165, 1.54) is 0 Å². The van der Waals surface area contributed by atoms with Crippen LogP contribution in [0.5, 0.6) is 0 Å². The molecule has 158 valence electrons. The summed E-state index contributed by atoms with van der Waals surface area (Å²) in [6, 6.07) is 29.0. The molecule has 0 aliphatic rings. The number of nitrogens with one attached hydrogen (secondary N) is 1. The molecule has 1 aromatic heterocycles. The van der Waals surface area contributed by atoms with Crippen molar-refractivity contribution < 1.29 is 4.79 Å². The maximum absolute atomic E-state index is 12.8. The molecule has 0 bridgehead atoms. The van der Waals surface area contributed by atoms with Gasteiger partial charge in [-0.2, -0.15) is 0 Å². The summed E-state index contributed by atoms with van der Waals surface area (Å²) in [5.41, 5.74) is 4.47. The summed E-state index contributed by atoms with van der Waals surface area (Å²) in [7, 11) is 0. The number of hydrogen-bond donors (Lipinski definition) is 1. The van der Waals surface area contributed by atoms with Crippen molar-refractivity contribution in [2.24, 2.45) is 0 Å². The van der Waals surface area contributed by atoms with Gasteiger partial charge < -0.3 is 9.88 Å². The molecule has 4 rings (SSSR count). The molecule has 1 amide bonds. The van der Waals surface area contributed by atoms with Crippen LogP contribution in [-0.4, -0.2) is 22.0 Å². The van der Waals surface area contributed by atoms with Crippen LogP contribution in [0.4, 0.5) is 0 Å². The molecule has 4 nitrogen and oxygen atoms in total. The average molecular weight is 412 g/mol. The number of imidazole rings is 1. The number of rotatable bonds is 8. The summed E-state index contributed by atoms with van der Waals surface area (Å²) >= 11 is 0. The van der Waals surface area contributed by atoms with Crippen LogP contribution in [0.25, 0.3) is 11.0 Å². The highest BCUT2D eigenvalue weighted by molar-refractivity contribution is 5.78. The molecule has 3 aromatic carbocycles. The van der Waals surface area contributed by atoms with Gasteiger partial charge in [0.15, 0.2) is 0 Å². The van der Waals surface area contributed by atoms with Crippen molar-refractivity contribution in [2.75, 3.05) is 6.54 Å². The molecule has 1 heterocycles. The molecule has 0 fully saturated rings. The van der Waals surface area contributed by atoms with Gasteiger partial charge in [-0.25, -0.2) is 4.98 Å². The average Bonchev–Trinajstić information content (AvgIpc) is 3.17. The van der Waals surface area contributed by atoms with Crippen LogP contribution >= 0.6 is 0 Å². The second-order valence-electron chi connectivity index (χ2n) is 8.16. The Morgan fingerprint density at radius 3 is 2.06 bits per heavy atom. The van der Waals surface area contributed by atoms with Crippen LogP contribution in [0.3, 0.4) is 0 Å². The number of carbonyl (C=O) groups excluding carboxylic acids is 1. The fourth-order valence-electron chi connectivity index (χ4n) is 4.22. The summed E-state index contributed by atoms with van der Waals surface area (Å²) in [4.78, 5) is 17.6. The SMILES string of the molecule is CC(C)n1c(CCNC(=O)CC(c2ccccc2)c2ccccc2)nc2ccccc21. The normalized spacial score (nSPS) is 11.4. The number of benzene rings is 3. The number of fused-ring (bicyclic) bond motifs is 1. The first kappa shape index (κ1) is 20.9. The molecule has 0 aliphatic carbocycles. The van der Waals surface area contributed by atoms with Gasteiger partial charge >= 0.3 is 0 Å². The maximum atomic E-state index is 12.8. The fraction of sp³-hybridized carbons (Fsp3) is 0.259. The van der Waals surface area contributed by atoms with Gasteiger partial charge in [0.2, 0.25) is 5.91 Å². The van der Waals surface area contributed by atoms with Crippen molar-refractivity contribution in [1.82, 2.24) is 14.9 Å². The molecule has 0 saturated carbocycles. The van der Waals surface area contributed by atoms with E-state index in [2.05, 4.69) is 54.1 Å². The largest absolute Gasteiger partial charge is 0.356 e. The molecule has 4 aromatic rings. The minimum absolute atomic E-state index is 0.0441. The number of amides is 1. The Kier molecular flexibility index (Phi) is 6.46. The lowest BCUT2D eigenvalue weighted by Crippen LogP contribution is -2.28. The lowest BCUT2D eigenvalue weighted by atomic mass is 9.88. The third-order valence-electron chi connectivity index (χ3n) is 5.65. The van der Waals surface area contributed by atoms with E-state index < -0.39 is 0 Å². The lowest BCUT2D eigenvalue weighted by molar-refractivity contribution is -0.121. The van der Waals surface area contributed by atoms with Crippen LogP contribution in [0.2, 0.25) is 0 Å². The summed E-state index contributed by atoms with van der Waals surface area (Å²) in [5, 5.41) is 3.12. The van der Waals surface area contributed by atoms with Crippen LogP contribution in [-0.2, 0) is 11.2 Å². The monoisotopic (exact) mass is 411 g/mol. The lowest BCUT2D eigenvalue weighted by Gasteiger charge is -2.18. The minimum Gasteiger partial charge on any atom is -0.356 e. The molecule has 4 heteroatoms. The van der Waals surface area contributed by atoms with E-state index in [0.29, 0.717) is 25.4 Å². The van der Waals surface area contributed by atoms with E-state index in [1.807, 2.05) is 54.6 Å². The zero-order valence-electron chi connectivity index (χ0n) is 18.2. The van der Waals surface area contributed by atoms with Gasteiger partial charge in [-0.3, -0.25) is 4.79 Å². The standard InChI is InChI=1S/C27H29N3O/c1-20(2)30-25-16-10-9-15-24(25)29-26(30)17-18-28-27(31)19-23(21-11-5-3-6-12-21)22-13-7-4-8-14-22/h3-16,20,23H,17-19H2,1-2H3,(H,28,31). The van der Waals surface area contributed by atoms with Crippen LogP contribution in [0.1, 0.15) is 49.2 Å². The Morgan fingerprint density at radius 2 is 1.45 bits per heavy atom. The molecule has 0 unspecified atom stereocenters. The van der Waals surface area contributed by atoms with Crippen molar-refractivity contribution >= 4 is 16.9 Å². The van der Waals surface area contributed by atoms with E-state index in [1.54, 1.807) is 0 Å². The molecular formula is C27H29N3O. The summed E-state index contributed by atoms with van der Waals surface area (Å²) < 4.78 is 2.26. The number of carbonyl (C=O) groups is 1. The first-order valence-corrected chi connectivity index (χ1v) is 11.0. The predicted molar refractivity (Wildman–Crippen MR) is 126 cm³/mol. The Hall–Kier alpha value is -3.40. The Labute approximate surface area is 183 Å². The zero-order chi connectivity index (χ0) is 21.6. The predicted octanol–water partition coefficient (Wildman–Crippen LogP) is 5.50. The third kappa shape index (κ3) is 4.85. The Bertz CT molecular complexity index is 1090. The summed E-state index contributed by atoms with van der Waals surface area (Å²) in [6.45, 7) is 4.91. The number of aromatic nitrogens is 2. The van der Waals surface area contributed by atoms with Gasteiger partial charge in [-0.1, -0.05) is 72.8 Å². The molecule has 0 radical (unpaired) electrons. The van der Waals surface area contributed by atoms with Crippen molar-refractivity contribution in [1.29, 1.82) is 0 Å². The second kappa shape index (κ2) is 9.61. The molecule has 0 saturated heterocycles. The summed E-state index contributed by atoms with van der Waals surface area (Å²) in [6.07, 6.45) is 1.13. The van der Waals surface area contributed by atoms with Crippen molar-refractivity contribution in [3.05, 3.63) is 102 Å². The molecule has 31 heavy (non-hydrogen) atoms. The molecule has 0 aliphatic heterocycles. The van der Waals surface area contributed by atoms with Crippen LogP contribution < -0.4 is 5.32 Å². The van der Waals surface area contributed by atoms with Crippen LogP contribution in [0, 0.1) is 0 Å². The molecule has 0 spiro atoms. The number of hydrogen-bond acceptors (Lipinski definition) is 2. The zero-order valence-corrected chi connectivity index (χ0v) is 18.2. The van der Waals surface area contributed by atoms with E-state index in [0.717, 1.165) is 28.0 Å². The van der Waals surface area contributed by atoms with Gasteiger partial charge in [0.05, 0.1) is 11.0 Å².